The number of rotatable bonds is 4. The summed E-state index contributed by atoms with van der Waals surface area (Å²) in [7, 11) is 0. The average Bonchev–Trinajstić information content (AvgIpc) is 3.36. The van der Waals surface area contributed by atoms with E-state index >= 15 is 0 Å². The first-order valence-corrected chi connectivity index (χ1v) is 12.0. The van der Waals surface area contributed by atoms with Crippen molar-refractivity contribution in [1.82, 2.24) is 9.55 Å². The third-order valence-electron chi connectivity index (χ3n) is 3.64. The molecule has 0 saturated heterocycles. The van der Waals surface area contributed by atoms with Gasteiger partial charge in [-0.05, 0) is 0 Å². The van der Waals surface area contributed by atoms with Gasteiger partial charge in [-0.1, -0.05) is 0 Å². The van der Waals surface area contributed by atoms with Crippen molar-refractivity contribution >= 4 is 53.1 Å². The van der Waals surface area contributed by atoms with Crippen LogP contribution in [0.15, 0.2) is 86.8 Å². The molecule has 0 spiro atoms. The van der Waals surface area contributed by atoms with E-state index in [-0.39, 0.29) is 0 Å². The summed E-state index contributed by atoms with van der Waals surface area (Å²) in [5.74, 6) is 0. The van der Waals surface area contributed by atoms with Gasteiger partial charge in [0.05, 0.1) is 0 Å². The van der Waals surface area contributed by atoms with Crippen LogP contribution < -0.4 is 16.6 Å². The van der Waals surface area contributed by atoms with Gasteiger partial charge in [0.2, 0.25) is 0 Å². The number of hydrogen-bond donors (Lipinski definition) is 0. The van der Waals surface area contributed by atoms with Gasteiger partial charge in [0, 0.05) is 0 Å². The molecule has 0 atom stereocenters. The average molecular weight is 466 g/mol. The molecule has 0 radical (unpaired) electrons. The molecule has 0 aliphatic rings. The number of halogens is 1. The predicted molar refractivity (Wildman–Crippen MR) is 100 cm³/mol. The molecule has 4 aromatic rings. The van der Waals surface area contributed by atoms with Crippen molar-refractivity contribution in [3.05, 3.63) is 77.9 Å². The summed E-state index contributed by atoms with van der Waals surface area (Å²) in [6, 6.07) is 15.8. The molecule has 1 aromatic carbocycles. The Morgan fingerprint density at radius 1 is 0.958 bits per heavy atom. The Bertz CT molecular complexity index is 954. The number of benzene rings is 1. The zero-order valence-electron chi connectivity index (χ0n) is 12.4. The van der Waals surface area contributed by atoms with Crippen molar-refractivity contribution in [1.29, 1.82) is 0 Å². The van der Waals surface area contributed by atoms with Gasteiger partial charge in [-0.2, -0.15) is 0 Å². The fourth-order valence-electron chi connectivity index (χ4n) is 2.54. The summed E-state index contributed by atoms with van der Waals surface area (Å²) in [4.78, 5) is 4.65. The van der Waals surface area contributed by atoms with Crippen molar-refractivity contribution in [2.24, 2.45) is 0 Å². The molecule has 0 aliphatic heterocycles. The molecule has 4 nitrogen and oxygen atoms in total. The molecule has 7 heteroatoms. The zero-order chi connectivity index (χ0) is 16.6. The topological polar surface area (TPSA) is 44.1 Å². The van der Waals surface area contributed by atoms with E-state index < -0.39 is 5.51 Å². The van der Waals surface area contributed by atoms with Gasteiger partial charge in [-0.3, -0.25) is 0 Å². The second-order valence-corrected chi connectivity index (χ2v) is 11.9. The van der Waals surface area contributed by atoms with E-state index in [1.54, 1.807) is 18.7 Å². The van der Waals surface area contributed by atoms with Gasteiger partial charge in [-0.25, -0.2) is 0 Å². The van der Waals surface area contributed by atoms with Crippen molar-refractivity contribution in [3.8, 4) is 5.69 Å². The summed E-state index contributed by atoms with van der Waals surface area (Å²) in [5.41, 5.74) is 1.37. The number of nitrogens with zero attached hydrogens (tertiary/aromatic N) is 2. The van der Waals surface area contributed by atoms with Crippen molar-refractivity contribution in [2.75, 3.05) is 0 Å². The molecule has 0 bridgehead atoms. The Balaban J connectivity index is 1.95. The molecule has 0 aliphatic carbocycles. The normalized spacial score (nSPS) is 11.7. The van der Waals surface area contributed by atoms with Crippen LogP contribution in [-0.4, -0.2) is 24.6 Å². The molecular weight excluding hydrogens is 454 g/mol. The predicted octanol–water partition coefficient (Wildman–Crippen LogP) is 3.20. The van der Waals surface area contributed by atoms with E-state index in [1.165, 1.54) is 0 Å². The third-order valence-corrected chi connectivity index (χ3v) is 10.1. The molecule has 3 aromatic heterocycles. The van der Waals surface area contributed by atoms with Gasteiger partial charge < -0.3 is 0 Å². The zero-order valence-corrected chi connectivity index (χ0v) is 16.6. The van der Waals surface area contributed by atoms with Crippen LogP contribution >= 0.6 is 21.4 Å². The quantitative estimate of drug-likeness (QED) is 0.343. The van der Waals surface area contributed by atoms with Gasteiger partial charge in [0.25, 0.3) is 0 Å². The maximum absolute atomic E-state index is 5.75. The van der Waals surface area contributed by atoms with E-state index in [9.17, 15) is 0 Å². The molecule has 0 saturated carbocycles. The minimum absolute atomic E-state index is 0.835. The monoisotopic (exact) mass is 466 g/mol. The molecule has 0 unspecified atom stereocenters. The van der Waals surface area contributed by atoms with Gasteiger partial charge >= 0.3 is 155 Å². The third kappa shape index (κ3) is 2.60. The minimum atomic E-state index is -2.22. The summed E-state index contributed by atoms with van der Waals surface area (Å²) in [5, 5.41) is 0. The SMILES string of the molecule is [Se]=P(c1ccco1)(c1ccco1)c1nccn1-c1ccc(Br)cc1. The summed E-state index contributed by atoms with van der Waals surface area (Å²) in [6.45, 7) is 0. The van der Waals surface area contributed by atoms with Crippen LogP contribution in [0.3, 0.4) is 0 Å². The van der Waals surface area contributed by atoms with E-state index in [0.717, 1.165) is 26.7 Å². The summed E-state index contributed by atoms with van der Waals surface area (Å²) < 4.78 is 14.6. The van der Waals surface area contributed by atoms with Gasteiger partial charge in [-0.15, -0.1) is 0 Å². The maximum atomic E-state index is 5.75. The van der Waals surface area contributed by atoms with Crippen molar-refractivity contribution in [3.63, 3.8) is 0 Å². The second kappa shape index (κ2) is 6.38. The van der Waals surface area contributed by atoms with E-state index in [2.05, 4.69) is 40.6 Å². The van der Waals surface area contributed by atoms with Crippen LogP contribution in [0.4, 0.5) is 0 Å². The first-order valence-electron chi connectivity index (χ1n) is 7.17. The standard InChI is InChI=1S/C17H12BrN2O2PSe/c18-13-5-7-14(8-6-13)20-10-9-19-17(20)23(24,15-3-1-11-21-15)16-4-2-12-22-16/h1-12H. The number of imidazole rings is 1. The van der Waals surface area contributed by atoms with E-state index in [4.69, 9.17) is 8.83 Å². The number of aromatic nitrogens is 2. The van der Waals surface area contributed by atoms with E-state index in [1.807, 2.05) is 54.7 Å². The van der Waals surface area contributed by atoms with Gasteiger partial charge in [0.1, 0.15) is 0 Å². The molecular formula is C17H12BrN2O2PSe. The van der Waals surface area contributed by atoms with Crippen LogP contribution in [0, 0.1) is 0 Å². The molecule has 24 heavy (non-hydrogen) atoms. The second-order valence-electron chi connectivity index (χ2n) is 5.09. The Labute approximate surface area is 154 Å². The van der Waals surface area contributed by atoms with Crippen LogP contribution in [0.5, 0.6) is 0 Å². The first kappa shape index (κ1) is 15.9. The molecule has 0 amide bonds. The van der Waals surface area contributed by atoms with Crippen LogP contribution in [0.2, 0.25) is 0 Å². The fourth-order valence-corrected chi connectivity index (χ4v) is 7.30. The number of hydrogen-bond acceptors (Lipinski definition) is 3. The van der Waals surface area contributed by atoms with Crippen molar-refractivity contribution in [2.45, 2.75) is 0 Å². The molecule has 0 fully saturated rings. The Hall–Kier alpha value is -1.58. The van der Waals surface area contributed by atoms with Gasteiger partial charge in [0.15, 0.2) is 0 Å². The Morgan fingerprint density at radius 3 is 2.12 bits per heavy atom. The molecule has 120 valence electrons. The van der Waals surface area contributed by atoms with Crippen LogP contribution in [-0.2, 0) is 0 Å². The Kier molecular flexibility index (Phi) is 4.23. The van der Waals surface area contributed by atoms with E-state index in [0.29, 0.717) is 0 Å². The summed E-state index contributed by atoms with van der Waals surface area (Å²) >= 11 is 6.83. The summed E-state index contributed by atoms with van der Waals surface area (Å²) in [6.07, 6.45) is 7.11. The first-order chi connectivity index (χ1) is 11.7. The van der Waals surface area contributed by atoms with Crippen molar-refractivity contribution < 1.29 is 8.83 Å². The molecule has 4 rings (SSSR count). The van der Waals surface area contributed by atoms with Crippen LogP contribution in [0.1, 0.15) is 0 Å². The number of furan rings is 2. The molecule has 0 N–H and O–H groups in total. The molecule has 3 heterocycles. The van der Waals surface area contributed by atoms with Crippen LogP contribution in [0.25, 0.3) is 5.69 Å². The fraction of sp³-hybridized carbons (Fsp3) is 0. The Morgan fingerprint density at radius 2 is 1.58 bits per heavy atom.